The second kappa shape index (κ2) is 8.54. The summed E-state index contributed by atoms with van der Waals surface area (Å²) in [5, 5.41) is -0.379. The van der Waals surface area contributed by atoms with Crippen LogP contribution in [-0.2, 0) is 19.6 Å². The molecular weight excluding hydrogens is 428 g/mol. The van der Waals surface area contributed by atoms with E-state index >= 15 is 0 Å². The number of rotatable bonds is 2. The van der Waals surface area contributed by atoms with E-state index < -0.39 is 10.0 Å². The standard InChI is InChI=1S/C24H30N2O5S/c1-16-4-11-23-20(13-16)17-5-7-18(8-6-17)30-14-22-21(25-32(28,29)19-9-10-19)3-2-12-26(22)24(27)15-31-23/h4,11,13-14,17-19H,2-3,5-10,12,15H2,1H3/b22-14-,25-21+. The van der Waals surface area contributed by atoms with Gasteiger partial charge in [-0.1, -0.05) is 17.7 Å². The third-order valence-electron chi connectivity index (χ3n) is 6.87. The highest BCUT2D eigenvalue weighted by atomic mass is 32.2. The Morgan fingerprint density at radius 1 is 1.09 bits per heavy atom. The van der Waals surface area contributed by atoms with Crippen molar-refractivity contribution in [3.8, 4) is 5.75 Å². The maximum absolute atomic E-state index is 13.2. The van der Waals surface area contributed by atoms with Gasteiger partial charge in [0.25, 0.3) is 15.9 Å². The van der Waals surface area contributed by atoms with Gasteiger partial charge in [-0.25, -0.2) is 8.42 Å². The zero-order chi connectivity index (χ0) is 22.3. The second-order valence-electron chi connectivity index (χ2n) is 9.34. The summed E-state index contributed by atoms with van der Waals surface area (Å²) < 4.78 is 41.4. The molecular formula is C24H30N2O5S. The fourth-order valence-corrected chi connectivity index (χ4v) is 6.27. The van der Waals surface area contributed by atoms with E-state index in [1.165, 1.54) is 11.1 Å². The van der Waals surface area contributed by atoms with Gasteiger partial charge in [0.1, 0.15) is 17.7 Å². The maximum atomic E-state index is 13.2. The SMILES string of the molecule is Cc1ccc2c(c1)C1CCC(CC1)O/C=C1/C(=N/S(=O)(=O)C3CC3)CCCN1C(=O)CO2. The molecule has 1 aromatic carbocycles. The number of sulfonamides is 1. The van der Waals surface area contributed by atoms with Gasteiger partial charge in [-0.3, -0.25) is 4.79 Å². The summed E-state index contributed by atoms with van der Waals surface area (Å²) in [5.41, 5.74) is 3.25. The highest BCUT2D eigenvalue weighted by Crippen LogP contribution is 2.39. The molecule has 0 atom stereocenters. The first kappa shape index (κ1) is 21.5. The molecule has 3 fully saturated rings. The van der Waals surface area contributed by atoms with Gasteiger partial charge in [0, 0.05) is 6.54 Å². The molecule has 0 spiro atoms. The zero-order valence-corrected chi connectivity index (χ0v) is 19.3. The fourth-order valence-electron chi connectivity index (χ4n) is 4.89. The van der Waals surface area contributed by atoms with Crippen LogP contribution >= 0.6 is 0 Å². The molecule has 6 rings (SSSR count). The van der Waals surface area contributed by atoms with Gasteiger partial charge in [-0.2, -0.15) is 4.40 Å². The van der Waals surface area contributed by atoms with Crippen molar-refractivity contribution < 1.29 is 22.7 Å². The Bertz CT molecular complexity index is 1070. The van der Waals surface area contributed by atoms with Crippen molar-refractivity contribution in [3.05, 3.63) is 41.3 Å². The van der Waals surface area contributed by atoms with Crippen molar-refractivity contribution >= 4 is 21.6 Å². The van der Waals surface area contributed by atoms with Gasteiger partial charge < -0.3 is 14.4 Å². The second-order valence-corrected chi connectivity index (χ2v) is 11.2. The first-order valence-corrected chi connectivity index (χ1v) is 13.1. The van der Waals surface area contributed by atoms with Crippen LogP contribution in [0.15, 0.2) is 34.6 Å². The van der Waals surface area contributed by atoms with E-state index in [1.807, 2.05) is 12.1 Å². The number of amides is 1. The van der Waals surface area contributed by atoms with Crippen LogP contribution < -0.4 is 4.74 Å². The van der Waals surface area contributed by atoms with Crippen LogP contribution in [0, 0.1) is 6.92 Å². The van der Waals surface area contributed by atoms with E-state index in [4.69, 9.17) is 9.47 Å². The smallest absolute Gasteiger partial charge is 0.265 e. The van der Waals surface area contributed by atoms with Crippen LogP contribution in [0.4, 0.5) is 0 Å². The molecule has 3 aliphatic heterocycles. The van der Waals surface area contributed by atoms with Gasteiger partial charge in [0.15, 0.2) is 6.61 Å². The van der Waals surface area contributed by atoms with Gasteiger partial charge in [0.05, 0.1) is 17.1 Å². The van der Waals surface area contributed by atoms with Crippen molar-refractivity contribution in [1.82, 2.24) is 4.90 Å². The van der Waals surface area contributed by atoms with Crippen LogP contribution in [0.2, 0.25) is 0 Å². The van der Waals surface area contributed by atoms with Crippen molar-refractivity contribution in [2.45, 2.75) is 75.6 Å². The fraction of sp³-hybridized carbons (Fsp3) is 0.583. The monoisotopic (exact) mass is 458 g/mol. The molecule has 0 aromatic heterocycles. The Kier molecular flexibility index (Phi) is 5.73. The number of ether oxygens (including phenoxy) is 2. The van der Waals surface area contributed by atoms with E-state index in [0.717, 1.165) is 31.4 Å². The third-order valence-corrected chi connectivity index (χ3v) is 8.66. The number of carbonyl (C=O) groups excluding carboxylic acids is 1. The van der Waals surface area contributed by atoms with E-state index in [9.17, 15) is 13.2 Å². The Hall–Kier alpha value is -2.35. The normalized spacial score (nSPS) is 29.4. The summed E-state index contributed by atoms with van der Waals surface area (Å²) in [6, 6.07) is 6.14. The molecule has 8 heteroatoms. The molecule has 0 N–H and O–H groups in total. The number of allylic oxidation sites excluding steroid dienone is 1. The number of hydrogen-bond donors (Lipinski definition) is 0. The van der Waals surface area contributed by atoms with Crippen molar-refractivity contribution in [2.24, 2.45) is 4.40 Å². The minimum Gasteiger partial charge on any atom is -0.496 e. The summed E-state index contributed by atoms with van der Waals surface area (Å²) in [6.45, 7) is 2.46. The lowest BCUT2D eigenvalue weighted by molar-refractivity contribution is -0.131. The topological polar surface area (TPSA) is 85.3 Å². The number of fused-ring (bicyclic) bond motifs is 5. The summed E-state index contributed by atoms with van der Waals surface area (Å²) in [4.78, 5) is 14.7. The molecule has 5 aliphatic rings. The van der Waals surface area contributed by atoms with Gasteiger partial charge in [-0.15, -0.1) is 0 Å². The first-order chi connectivity index (χ1) is 15.4. The van der Waals surface area contributed by atoms with Gasteiger partial charge in [-0.05, 0) is 75.8 Å². The number of carbonyl (C=O) groups is 1. The minimum atomic E-state index is -3.54. The third kappa shape index (κ3) is 4.42. The van der Waals surface area contributed by atoms with E-state index in [0.29, 0.717) is 49.6 Å². The molecule has 2 saturated carbocycles. The summed E-state index contributed by atoms with van der Waals surface area (Å²) in [6.07, 6.45) is 7.91. The zero-order valence-electron chi connectivity index (χ0n) is 18.5. The quantitative estimate of drug-likeness (QED) is 0.672. The molecule has 3 heterocycles. The Labute approximate surface area is 189 Å². The average Bonchev–Trinajstić information content (AvgIpc) is 3.63. The van der Waals surface area contributed by atoms with Crippen LogP contribution in [0.1, 0.15) is 68.4 Å². The highest BCUT2D eigenvalue weighted by Gasteiger charge is 2.37. The highest BCUT2D eigenvalue weighted by molar-refractivity contribution is 7.91. The number of aryl methyl sites for hydroxylation is 1. The number of piperidine rings is 1. The predicted octanol–water partition coefficient (Wildman–Crippen LogP) is 3.83. The van der Waals surface area contributed by atoms with Crippen LogP contribution in [0.25, 0.3) is 0 Å². The van der Waals surface area contributed by atoms with Gasteiger partial charge in [0.2, 0.25) is 0 Å². The van der Waals surface area contributed by atoms with E-state index in [1.54, 1.807) is 11.2 Å². The number of hydrogen-bond acceptors (Lipinski definition) is 5. The molecule has 1 amide bonds. The molecule has 1 aromatic rings. The van der Waals surface area contributed by atoms with Crippen molar-refractivity contribution in [3.63, 3.8) is 0 Å². The lowest BCUT2D eigenvalue weighted by atomic mass is 9.82. The van der Waals surface area contributed by atoms with Crippen molar-refractivity contribution in [2.75, 3.05) is 13.2 Å². The average molecular weight is 459 g/mol. The molecule has 172 valence electrons. The lowest BCUT2D eigenvalue weighted by Gasteiger charge is -2.31. The first-order valence-electron chi connectivity index (χ1n) is 11.6. The van der Waals surface area contributed by atoms with Crippen molar-refractivity contribution in [1.29, 1.82) is 0 Å². The van der Waals surface area contributed by atoms with Crippen LogP contribution in [0.3, 0.4) is 0 Å². The maximum Gasteiger partial charge on any atom is 0.265 e. The summed E-state index contributed by atoms with van der Waals surface area (Å²) in [5.74, 6) is 0.936. The number of benzene rings is 1. The molecule has 7 nitrogen and oxygen atoms in total. The molecule has 0 unspecified atom stereocenters. The molecule has 32 heavy (non-hydrogen) atoms. The number of nitrogens with zero attached hydrogens (tertiary/aromatic N) is 2. The molecule has 1 saturated heterocycles. The Morgan fingerprint density at radius 2 is 1.88 bits per heavy atom. The minimum absolute atomic E-state index is 0.0499. The summed E-state index contributed by atoms with van der Waals surface area (Å²) in [7, 11) is -3.54. The predicted molar refractivity (Wildman–Crippen MR) is 121 cm³/mol. The Morgan fingerprint density at radius 3 is 2.62 bits per heavy atom. The summed E-state index contributed by atoms with van der Waals surface area (Å²) >= 11 is 0. The molecule has 0 radical (unpaired) electrons. The Balaban J connectivity index is 1.49. The van der Waals surface area contributed by atoms with Crippen LogP contribution in [0.5, 0.6) is 5.75 Å². The lowest BCUT2D eigenvalue weighted by Crippen LogP contribution is -2.41. The largest absolute Gasteiger partial charge is 0.496 e. The van der Waals surface area contributed by atoms with E-state index in [2.05, 4.69) is 17.4 Å². The molecule has 2 bridgehead atoms. The van der Waals surface area contributed by atoms with Crippen LogP contribution in [-0.4, -0.2) is 49.4 Å². The van der Waals surface area contributed by atoms with Gasteiger partial charge >= 0.3 is 0 Å². The van der Waals surface area contributed by atoms with E-state index in [-0.39, 0.29) is 23.9 Å². The molecule has 2 aliphatic carbocycles.